The van der Waals surface area contributed by atoms with E-state index < -0.39 is 10.0 Å². The molecule has 1 N–H and O–H groups in total. The van der Waals surface area contributed by atoms with Crippen LogP contribution in [0.5, 0.6) is 0 Å². The molecule has 142 valence electrons. The zero-order valence-corrected chi connectivity index (χ0v) is 17.0. The standard InChI is InChI=1S/C20H34N2O2S/c1-5-7-16-22(17-8-6-2)18(3)10-9-11-19-12-14-20(15-13-19)21-25(4,23)24/h9,11-15,18,21H,5-8,10,16-17H2,1-4H3/b11-9+. The van der Waals surface area contributed by atoms with Crippen LogP contribution in [0.4, 0.5) is 5.69 Å². The Morgan fingerprint density at radius 3 is 2.12 bits per heavy atom. The monoisotopic (exact) mass is 366 g/mol. The third kappa shape index (κ3) is 9.66. The Bertz CT molecular complexity index is 601. The predicted molar refractivity (Wildman–Crippen MR) is 109 cm³/mol. The molecule has 4 nitrogen and oxygen atoms in total. The van der Waals surface area contributed by atoms with Crippen LogP contribution in [0.2, 0.25) is 0 Å². The van der Waals surface area contributed by atoms with Crippen molar-refractivity contribution < 1.29 is 8.42 Å². The largest absolute Gasteiger partial charge is 0.300 e. The van der Waals surface area contributed by atoms with Gasteiger partial charge in [-0.2, -0.15) is 0 Å². The molecule has 0 aliphatic carbocycles. The first-order valence-electron chi connectivity index (χ1n) is 9.34. The first kappa shape index (κ1) is 21.7. The summed E-state index contributed by atoms with van der Waals surface area (Å²) in [6.07, 6.45) is 11.5. The molecule has 0 saturated carbocycles. The highest BCUT2D eigenvalue weighted by atomic mass is 32.2. The molecule has 0 radical (unpaired) electrons. The molecule has 0 fully saturated rings. The first-order chi connectivity index (χ1) is 11.9. The SMILES string of the molecule is CCCCN(CCCC)C(C)C/C=C/c1ccc(NS(C)(=O)=O)cc1. The second kappa shape index (κ2) is 11.3. The van der Waals surface area contributed by atoms with Crippen molar-refractivity contribution in [2.45, 2.75) is 58.9 Å². The van der Waals surface area contributed by atoms with E-state index in [4.69, 9.17) is 0 Å². The normalized spacial score (nSPS) is 13.5. The van der Waals surface area contributed by atoms with Crippen LogP contribution in [0.25, 0.3) is 6.08 Å². The summed E-state index contributed by atoms with van der Waals surface area (Å²) in [7, 11) is -3.22. The zero-order chi connectivity index (χ0) is 18.7. The van der Waals surface area contributed by atoms with Crippen LogP contribution in [-0.4, -0.2) is 38.7 Å². The maximum Gasteiger partial charge on any atom is 0.229 e. The summed E-state index contributed by atoms with van der Waals surface area (Å²) in [5.74, 6) is 0. The lowest BCUT2D eigenvalue weighted by atomic mass is 10.1. The third-order valence-electron chi connectivity index (χ3n) is 4.22. The van der Waals surface area contributed by atoms with Crippen LogP contribution < -0.4 is 4.72 Å². The van der Waals surface area contributed by atoms with Gasteiger partial charge in [0.15, 0.2) is 0 Å². The molecule has 1 aromatic rings. The molecule has 1 atom stereocenters. The molecule has 1 rings (SSSR count). The van der Waals surface area contributed by atoms with E-state index in [-0.39, 0.29) is 0 Å². The Morgan fingerprint density at radius 2 is 1.64 bits per heavy atom. The van der Waals surface area contributed by atoms with E-state index in [1.165, 1.54) is 38.8 Å². The van der Waals surface area contributed by atoms with Gasteiger partial charge in [0.25, 0.3) is 0 Å². The smallest absolute Gasteiger partial charge is 0.229 e. The molecule has 0 aliphatic rings. The number of nitrogens with zero attached hydrogens (tertiary/aromatic N) is 1. The van der Waals surface area contributed by atoms with E-state index in [9.17, 15) is 8.42 Å². The van der Waals surface area contributed by atoms with Crippen LogP contribution in [0, 0.1) is 0 Å². The number of rotatable bonds is 12. The maximum atomic E-state index is 11.2. The Morgan fingerprint density at radius 1 is 1.08 bits per heavy atom. The van der Waals surface area contributed by atoms with Crippen LogP contribution in [0.15, 0.2) is 30.3 Å². The van der Waals surface area contributed by atoms with Crippen LogP contribution in [0.1, 0.15) is 58.4 Å². The van der Waals surface area contributed by atoms with Gasteiger partial charge in [-0.1, -0.05) is 51.0 Å². The molecular weight excluding hydrogens is 332 g/mol. The highest BCUT2D eigenvalue weighted by Gasteiger charge is 2.11. The molecule has 1 aromatic carbocycles. The first-order valence-corrected chi connectivity index (χ1v) is 11.2. The number of sulfonamides is 1. The van der Waals surface area contributed by atoms with Crippen molar-refractivity contribution in [1.82, 2.24) is 4.90 Å². The molecule has 0 spiro atoms. The summed E-state index contributed by atoms with van der Waals surface area (Å²) < 4.78 is 24.9. The second-order valence-corrected chi connectivity index (χ2v) is 8.47. The van der Waals surface area contributed by atoms with Crippen molar-refractivity contribution >= 4 is 21.8 Å². The summed E-state index contributed by atoms with van der Waals surface area (Å²) in [6.45, 7) is 9.14. The van der Waals surface area contributed by atoms with Crippen LogP contribution in [0.3, 0.4) is 0 Å². The van der Waals surface area contributed by atoms with E-state index in [0.717, 1.165) is 18.2 Å². The van der Waals surface area contributed by atoms with Crippen molar-refractivity contribution in [3.05, 3.63) is 35.9 Å². The molecular formula is C20H34N2O2S. The lowest BCUT2D eigenvalue weighted by Crippen LogP contribution is -2.34. The van der Waals surface area contributed by atoms with E-state index in [1.807, 2.05) is 12.1 Å². The van der Waals surface area contributed by atoms with Gasteiger partial charge < -0.3 is 4.90 Å². The summed E-state index contributed by atoms with van der Waals surface area (Å²) in [6, 6.07) is 7.99. The molecule has 0 amide bonds. The fourth-order valence-electron chi connectivity index (χ4n) is 2.70. The number of anilines is 1. The van der Waals surface area contributed by atoms with E-state index in [2.05, 4.69) is 42.5 Å². The lowest BCUT2D eigenvalue weighted by molar-refractivity contribution is 0.203. The Hall–Kier alpha value is -1.33. The molecule has 25 heavy (non-hydrogen) atoms. The molecule has 5 heteroatoms. The average Bonchev–Trinajstić information content (AvgIpc) is 2.55. The van der Waals surface area contributed by atoms with Gasteiger partial charge in [0, 0.05) is 11.7 Å². The van der Waals surface area contributed by atoms with Gasteiger partial charge >= 0.3 is 0 Å². The van der Waals surface area contributed by atoms with Crippen molar-refractivity contribution in [1.29, 1.82) is 0 Å². The van der Waals surface area contributed by atoms with Gasteiger partial charge in [0.2, 0.25) is 10.0 Å². The van der Waals surface area contributed by atoms with Gasteiger partial charge in [0.05, 0.1) is 6.26 Å². The molecule has 0 saturated heterocycles. The van der Waals surface area contributed by atoms with E-state index in [1.54, 1.807) is 12.1 Å². The number of hydrogen-bond donors (Lipinski definition) is 1. The summed E-state index contributed by atoms with van der Waals surface area (Å²) in [5.41, 5.74) is 1.68. The van der Waals surface area contributed by atoms with Crippen molar-refractivity contribution in [3.63, 3.8) is 0 Å². The minimum absolute atomic E-state index is 0.542. The third-order valence-corrected chi connectivity index (χ3v) is 4.83. The van der Waals surface area contributed by atoms with Crippen LogP contribution >= 0.6 is 0 Å². The summed E-state index contributed by atoms with van der Waals surface area (Å²) in [5, 5.41) is 0. The number of nitrogens with one attached hydrogen (secondary N) is 1. The highest BCUT2D eigenvalue weighted by molar-refractivity contribution is 7.92. The Kier molecular flexibility index (Phi) is 9.83. The van der Waals surface area contributed by atoms with Crippen molar-refractivity contribution in [2.24, 2.45) is 0 Å². The van der Waals surface area contributed by atoms with E-state index in [0.29, 0.717) is 11.7 Å². The van der Waals surface area contributed by atoms with Crippen molar-refractivity contribution in [2.75, 3.05) is 24.1 Å². The minimum atomic E-state index is -3.22. The van der Waals surface area contributed by atoms with Gasteiger partial charge in [-0.15, -0.1) is 0 Å². The second-order valence-electron chi connectivity index (χ2n) is 6.73. The van der Waals surface area contributed by atoms with Gasteiger partial charge in [-0.05, 0) is 57.0 Å². The predicted octanol–water partition coefficient (Wildman–Crippen LogP) is 4.75. The van der Waals surface area contributed by atoms with Crippen molar-refractivity contribution in [3.8, 4) is 0 Å². The maximum absolute atomic E-state index is 11.2. The number of unbranched alkanes of at least 4 members (excludes halogenated alkanes) is 2. The molecule has 0 heterocycles. The molecule has 0 bridgehead atoms. The summed E-state index contributed by atoms with van der Waals surface area (Å²) >= 11 is 0. The Balaban J connectivity index is 2.56. The lowest BCUT2D eigenvalue weighted by Gasteiger charge is -2.28. The molecule has 1 unspecified atom stereocenters. The van der Waals surface area contributed by atoms with Gasteiger partial charge in [-0.25, -0.2) is 8.42 Å². The summed E-state index contributed by atoms with van der Waals surface area (Å²) in [4.78, 5) is 2.59. The average molecular weight is 367 g/mol. The Labute approximate surface area is 154 Å². The number of benzene rings is 1. The van der Waals surface area contributed by atoms with E-state index >= 15 is 0 Å². The molecule has 0 aromatic heterocycles. The zero-order valence-electron chi connectivity index (χ0n) is 16.2. The number of hydrogen-bond acceptors (Lipinski definition) is 3. The quantitative estimate of drug-likeness (QED) is 0.580. The fourth-order valence-corrected chi connectivity index (χ4v) is 3.27. The highest BCUT2D eigenvalue weighted by Crippen LogP contribution is 2.14. The topological polar surface area (TPSA) is 49.4 Å². The van der Waals surface area contributed by atoms with Gasteiger partial charge in [-0.3, -0.25) is 4.72 Å². The van der Waals surface area contributed by atoms with Crippen LogP contribution in [-0.2, 0) is 10.0 Å². The molecule has 0 aliphatic heterocycles. The minimum Gasteiger partial charge on any atom is -0.300 e. The fraction of sp³-hybridized carbons (Fsp3) is 0.600. The van der Waals surface area contributed by atoms with Gasteiger partial charge in [0.1, 0.15) is 0 Å².